The highest BCUT2D eigenvalue weighted by molar-refractivity contribution is 6.27. The van der Waals surface area contributed by atoms with Gasteiger partial charge in [0.15, 0.2) is 0 Å². The van der Waals surface area contributed by atoms with Crippen molar-refractivity contribution in [1.29, 1.82) is 0 Å². The molecule has 1 aromatic carbocycles. The Morgan fingerprint density at radius 1 is 0.871 bits per heavy atom. The smallest absolute Gasteiger partial charge is 0.414 e. The third-order valence-corrected chi connectivity index (χ3v) is 6.13. The first-order valence-electron chi connectivity index (χ1n) is 11.5. The Kier molecular flexibility index (Phi) is 11.1. The summed E-state index contributed by atoms with van der Waals surface area (Å²) in [5.41, 5.74) is 1.43. The number of hydrogen-bond donors (Lipinski definition) is 3. The van der Waals surface area contributed by atoms with Crippen LogP contribution in [0.15, 0.2) is 30.3 Å². The average Bonchev–Trinajstić information content (AvgIpc) is 3.04. The van der Waals surface area contributed by atoms with Crippen LogP contribution in [0.3, 0.4) is 0 Å². The molecule has 1 heterocycles. The van der Waals surface area contributed by atoms with Crippen molar-refractivity contribution >= 4 is 17.8 Å². The molecule has 1 amide bonds. The summed E-state index contributed by atoms with van der Waals surface area (Å²) in [6, 6.07) is 11.2. The lowest BCUT2D eigenvalue weighted by molar-refractivity contribution is -0.159. The number of aryl methyl sites for hydroxylation is 1. The number of aliphatic carboxylic acids is 2. The van der Waals surface area contributed by atoms with Crippen LogP contribution in [0.2, 0.25) is 0 Å². The number of nitrogens with one attached hydrogen (secondary N) is 1. The van der Waals surface area contributed by atoms with Gasteiger partial charge in [0.1, 0.15) is 0 Å². The highest BCUT2D eigenvalue weighted by Gasteiger charge is 2.26. The van der Waals surface area contributed by atoms with E-state index in [9.17, 15) is 4.79 Å². The summed E-state index contributed by atoms with van der Waals surface area (Å²) in [6.45, 7) is 3.32. The van der Waals surface area contributed by atoms with Gasteiger partial charge in [0.2, 0.25) is 5.91 Å². The highest BCUT2D eigenvalue weighted by atomic mass is 16.4. The van der Waals surface area contributed by atoms with E-state index in [1.165, 1.54) is 50.5 Å². The van der Waals surface area contributed by atoms with Crippen LogP contribution in [0, 0.1) is 5.92 Å². The number of amides is 1. The van der Waals surface area contributed by atoms with Crippen molar-refractivity contribution in [2.75, 3.05) is 19.6 Å². The molecule has 0 atom stereocenters. The van der Waals surface area contributed by atoms with E-state index in [2.05, 4.69) is 40.5 Å². The molecule has 172 valence electrons. The first kappa shape index (κ1) is 24.9. The molecule has 7 heteroatoms. The van der Waals surface area contributed by atoms with Gasteiger partial charge in [-0.1, -0.05) is 56.0 Å². The molecule has 1 saturated heterocycles. The van der Waals surface area contributed by atoms with E-state index in [1.54, 1.807) is 0 Å². The normalized spacial score (nSPS) is 18.3. The zero-order valence-corrected chi connectivity index (χ0v) is 18.3. The van der Waals surface area contributed by atoms with E-state index >= 15 is 0 Å². The maximum absolute atomic E-state index is 12.6. The molecule has 3 rings (SSSR count). The largest absolute Gasteiger partial charge is 0.473 e. The van der Waals surface area contributed by atoms with E-state index in [0.717, 1.165) is 38.9 Å². The summed E-state index contributed by atoms with van der Waals surface area (Å²) >= 11 is 0. The van der Waals surface area contributed by atoms with E-state index in [-0.39, 0.29) is 5.92 Å². The molecule has 3 N–H and O–H groups in total. The molecule has 1 saturated carbocycles. The number of carbonyl (C=O) groups is 3. The van der Waals surface area contributed by atoms with Gasteiger partial charge in [0.25, 0.3) is 0 Å². The van der Waals surface area contributed by atoms with Crippen LogP contribution in [0.25, 0.3) is 0 Å². The van der Waals surface area contributed by atoms with E-state index in [4.69, 9.17) is 19.8 Å². The molecule has 0 radical (unpaired) electrons. The van der Waals surface area contributed by atoms with E-state index in [1.807, 2.05) is 0 Å². The standard InChI is InChI=1S/C22H34N2O.C2H2O4/c25-22(23-21-12-6-1-2-7-13-21)20-14-17-24(18-15-20)16-8-11-19-9-4-3-5-10-19;3-1(4)2(5)6/h3-5,9-10,20-21H,1-2,6-8,11-18H2,(H,23,25);(H,3,4)(H,5,6). The molecule has 1 aliphatic carbocycles. The summed E-state index contributed by atoms with van der Waals surface area (Å²) in [6.07, 6.45) is 12.0. The molecule has 2 aliphatic rings. The number of rotatable bonds is 6. The second-order valence-corrected chi connectivity index (χ2v) is 8.51. The Labute approximate surface area is 184 Å². The van der Waals surface area contributed by atoms with Crippen molar-refractivity contribution in [2.45, 2.75) is 70.3 Å². The van der Waals surface area contributed by atoms with Crippen molar-refractivity contribution < 1.29 is 24.6 Å². The molecule has 2 fully saturated rings. The second-order valence-electron chi connectivity index (χ2n) is 8.51. The zero-order chi connectivity index (χ0) is 22.5. The maximum Gasteiger partial charge on any atom is 0.414 e. The molecule has 0 aromatic heterocycles. The molecule has 7 nitrogen and oxygen atoms in total. The van der Waals surface area contributed by atoms with Crippen molar-refractivity contribution in [3.05, 3.63) is 35.9 Å². The molecule has 1 aromatic rings. The van der Waals surface area contributed by atoms with Gasteiger partial charge in [-0.2, -0.15) is 0 Å². The Morgan fingerprint density at radius 2 is 1.45 bits per heavy atom. The predicted molar refractivity (Wildman–Crippen MR) is 119 cm³/mol. The lowest BCUT2D eigenvalue weighted by Crippen LogP contribution is -2.44. The quantitative estimate of drug-likeness (QED) is 0.470. The van der Waals surface area contributed by atoms with Crippen LogP contribution in [0.4, 0.5) is 0 Å². The van der Waals surface area contributed by atoms with Crippen molar-refractivity contribution in [3.63, 3.8) is 0 Å². The number of nitrogens with zero attached hydrogens (tertiary/aromatic N) is 1. The second kappa shape index (κ2) is 13.8. The van der Waals surface area contributed by atoms with Gasteiger partial charge in [-0.05, 0) is 63.7 Å². The molecule has 0 bridgehead atoms. The van der Waals surface area contributed by atoms with E-state index in [0.29, 0.717) is 11.9 Å². The molecule has 31 heavy (non-hydrogen) atoms. The molecular formula is C24H36N2O5. The first-order chi connectivity index (χ1) is 15.0. The molecule has 0 unspecified atom stereocenters. The van der Waals surface area contributed by atoms with Crippen LogP contribution >= 0.6 is 0 Å². The molecular weight excluding hydrogens is 396 g/mol. The lowest BCUT2D eigenvalue weighted by Gasteiger charge is -2.32. The number of hydrogen-bond acceptors (Lipinski definition) is 4. The van der Waals surface area contributed by atoms with Gasteiger partial charge >= 0.3 is 11.9 Å². The molecule has 1 aliphatic heterocycles. The topological polar surface area (TPSA) is 107 Å². The van der Waals surface area contributed by atoms with Gasteiger partial charge in [-0.25, -0.2) is 9.59 Å². The minimum absolute atomic E-state index is 0.244. The van der Waals surface area contributed by atoms with Gasteiger partial charge in [0, 0.05) is 12.0 Å². The Balaban J connectivity index is 0.000000501. The number of carbonyl (C=O) groups excluding carboxylic acids is 1. The van der Waals surface area contributed by atoms with E-state index < -0.39 is 11.9 Å². The Morgan fingerprint density at radius 3 is 2.00 bits per heavy atom. The zero-order valence-electron chi connectivity index (χ0n) is 18.3. The summed E-state index contributed by atoms with van der Waals surface area (Å²) in [4.78, 5) is 33.3. The van der Waals surface area contributed by atoms with Crippen LogP contribution in [-0.4, -0.2) is 58.6 Å². The number of likely N-dealkylation sites (tertiary alicyclic amines) is 1. The predicted octanol–water partition coefficient (Wildman–Crippen LogP) is 3.33. The van der Waals surface area contributed by atoms with Crippen molar-refractivity contribution in [1.82, 2.24) is 10.2 Å². The number of carboxylic acid groups (broad SMARTS) is 2. The number of piperidine rings is 1. The van der Waals surface area contributed by atoms with Crippen LogP contribution < -0.4 is 5.32 Å². The first-order valence-corrected chi connectivity index (χ1v) is 11.5. The third kappa shape index (κ3) is 9.96. The molecule has 0 spiro atoms. The van der Waals surface area contributed by atoms with Crippen LogP contribution in [-0.2, 0) is 20.8 Å². The number of carboxylic acids is 2. The van der Waals surface area contributed by atoms with Gasteiger partial charge < -0.3 is 20.4 Å². The minimum Gasteiger partial charge on any atom is -0.473 e. The van der Waals surface area contributed by atoms with Crippen LogP contribution in [0.5, 0.6) is 0 Å². The Bertz CT molecular complexity index is 666. The maximum atomic E-state index is 12.6. The lowest BCUT2D eigenvalue weighted by atomic mass is 9.94. The summed E-state index contributed by atoms with van der Waals surface area (Å²) in [7, 11) is 0. The van der Waals surface area contributed by atoms with Gasteiger partial charge in [-0.3, -0.25) is 4.79 Å². The monoisotopic (exact) mass is 432 g/mol. The fourth-order valence-corrected chi connectivity index (χ4v) is 4.31. The summed E-state index contributed by atoms with van der Waals surface area (Å²) in [5, 5.41) is 18.1. The van der Waals surface area contributed by atoms with Crippen molar-refractivity contribution in [3.8, 4) is 0 Å². The highest BCUT2D eigenvalue weighted by Crippen LogP contribution is 2.21. The van der Waals surface area contributed by atoms with Gasteiger partial charge in [0.05, 0.1) is 0 Å². The summed E-state index contributed by atoms with van der Waals surface area (Å²) in [5.74, 6) is -3.07. The SMILES string of the molecule is O=C(NC1CCCCCC1)C1CCN(CCCc2ccccc2)CC1.O=C(O)C(=O)O. The van der Waals surface area contributed by atoms with Crippen molar-refractivity contribution in [2.24, 2.45) is 5.92 Å². The third-order valence-electron chi connectivity index (χ3n) is 6.13. The summed E-state index contributed by atoms with van der Waals surface area (Å²) < 4.78 is 0. The fourth-order valence-electron chi connectivity index (χ4n) is 4.31. The van der Waals surface area contributed by atoms with Crippen LogP contribution in [0.1, 0.15) is 63.4 Å². The Hall–Kier alpha value is -2.41. The fraction of sp³-hybridized carbons (Fsp3) is 0.625. The average molecular weight is 433 g/mol. The number of benzene rings is 1. The minimum atomic E-state index is -1.82. The van der Waals surface area contributed by atoms with Gasteiger partial charge in [-0.15, -0.1) is 0 Å².